The van der Waals surface area contributed by atoms with Crippen molar-refractivity contribution in [2.24, 2.45) is 0 Å². The maximum Gasteiger partial charge on any atom is 0.288 e. The first-order valence-electron chi connectivity index (χ1n) is 10.3. The Morgan fingerprint density at radius 3 is 2.85 bits per heavy atom. The maximum atomic E-state index is 13.5. The molecule has 3 aromatic heterocycles. The molecule has 0 saturated carbocycles. The van der Waals surface area contributed by atoms with E-state index >= 15 is 0 Å². The number of amides is 1. The van der Waals surface area contributed by atoms with Crippen LogP contribution in [0.15, 0.2) is 64.9 Å². The van der Waals surface area contributed by atoms with Crippen molar-refractivity contribution >= 4 is 39.7 Å². The molecule has 0 bridgehead atoms. The molecule has 1 aliphatic heterocycles. The predicted molar refractivity (Wildman–Crippen MR) is 126 cm³/mol. The maximum absolute atomic E-state index is 13.5. The summed E-state index contributed by atoms with van der Waals surface area (Å²) in [5, 5.41) is 22.4. The van der Waals surface area contributed by atoms with E-state index in [1.165, 1.54) is 28.5 Å². The van der Waals surface area contributed by atoms with Gasteiger partial charge in [0.2, 0.25) is 5.91 Å². The van der Waals surface area contributed by atoms with Crippen LogP contribution in [-0.2, 0) is 10.2 Å². The number of aromatic nitrogens is 1. The molecule has 1 fully saturated rings. The summed E-state index contributed by atoms with van der Waals surface area (Å²) in [6.45, 7) is 2.01. The van der Waals surface area contributed by atoms with Gasteiger partial charge >= 0.3 is 0 Å². The van der Waals surface area contributed by atoms with Gasteiger partial charge in [0.1, 0.15) is 17.6 Å². The minimum absolute atomic E-state index is 0.0750. The van der Waals surface area contributed by atoms with Crippen molar-refractivity contribution in [3.63, 3.8) is 0 Å². The third-order valence-electron chi connectivity index (χ3n) is 6.39. The molecule has 8 nitrogen and oxygen atoms in total. The zero-order valence-corrected chi connectivity index (χ0v) is 18.8. The first-order valence-corrected chi connectivity index (χ1v) is 11.2. The topological polar surface area (TPSA) is 113 Å². The van der Waals surface area contributed by atoms with Gasteiger partial charge in [0.25, 0.3) is 5.69 Å². The van der Waals surface area contributed by atoms with Gasteiger partial charge < -0.3 is 9.32 Å². The van der Waals surface area contributed by atoms with Crippen LogP contribution in [0.3, 0.4) is 0 Å². The van der Waals surface area contributed by atoms with Gasteiger partial charge in [-0.15, -0.1) is 11.3 Å². The van der Waals surface area contributed by atoms with Crippen LogP contribution in [0.25, 0.3) is 22.1 Å². The molecular formula is C24H20N4O4S. The van der Waals surface area contributed by atoms with Crippen molar-refractivity contribution in [1.29, 1.82) is 5.41 Å². The van der Waals surface area contributed by atoms with E-state index in [4.69, 9.17) is 9.83 Å². The van der Waals surface area contributed by atoms with E-state index in [9.17, 15) is 14.9 Å². The Morgan fingerprint density at radius 2 is 2.06 bits per heavy atom. The Kier molecular flexibility index (Phi) is 4.86. The summed E-state index contributed by atoms with van der Waals surface area (Å²) in [5.74, 6) is -0.371. The summed E-state index contributed by atoms with van der Waals surface area (Å²) < 4.78 is 5.46. The number of likely N-dealkylation sites (tertiary alicyclic amines) is 1. The number of amidine groups is 1. The number of rotatable bonds is 4. The van der Waals surface area contributed by atoms with Gasteiger partial charge in [0, 0.05) is 47.0 Å². The standard InChI is InChI=1S/C24H20N4O4S/c1-24(20-9-17(13-33-20)16-8-18(28(30)31)12-26-11-16)10-21(25)27(2)23(29)22(24)15-3-4-19-14(7-15)5-6-32-19/h3-9,11-13,22,25H,10H2,1-2H3/t22?,24-/m1/s1. The number of nitrogens with zero attached hydrogens (tertiary/aromatic N) is 3. The lowest BCUT2D eigenvalue weighted by molar-refractivity contribution is -0.385. The first-order chi connectivity index (χ1) is 15.8. The molecule has 1 aromatic carbocycles. The summed E-state index contributed by atoms with van der Waals surface area (Å²) in [4.78, 5) is 30.5. The van der Waals surface area contributed by atoms with E-state index in [1.54, 1.807) is 19.5 Å². The van der Waals surface area contributed by atoms with Gasteiger partial charge in [-0.2, -0.15) is 0 Å². The van der Waals surface area contributed by atoms with Crippen molar-refractivity contribution in [2.75, 3.05) is 7.05 Å². The predicted octanol–water partition coefficient (Wildman–Crippen LogP) is 5.35. The van der Waals surface area contributed by atoms with Crippen LogP contribution in [0.4, 0.5) is 5.69 Å². The number of likely N-dealkylation sites (N-methyl/N-ethyl adjacent to an activating group) is 1. The number of pyridine rings is 1. The molecule has 2 atom stereocenters. The zero-order valence-electron chi connectivity index (χ0n) is 17.9. The quantitative estimate of drug-likeness (QED) is 0.326. The smallest absolute Gasteiger partial charge is 0.288 e. The lowest BCUT2D eigenvalue weighted by Gasteiger charge is -2.44. The van der Waals surface area contributed by atoms with Gasteiger partial charge in [-0.1, -0.05) is 13.0 Å². The van der Waals surface area contributed by atoms with Crippen LogP contribution in [-0.4, -0.2) is 33.6 Å². The normalized spacial score (nSPS) is 21.0. The first kappa shape index (κ1) is 21.0. The number of piperidine rings is 1. The highest BCUT2D eigenvalue weighted by atomic mass is 32.1. The largest absolute Gasteiger partial charge is 0.464 e. The molecule has 166 valence electrons. The van der Waals surface area contributed by atoms with Gasteiger partial charge in [-0.25, -0.2) is 0 Å². The number of hydrogen-bond acceptors (Lipinski definition) is 7. The summed E-state index contributed by atoms with van der Waals surface area (Å²) in [7, 11) is 1.64. The van der Waals surface area contributed by atoms with E-state index in [-0.39, 0.29) is 17.4 Å². The Morgan fingerprint density at radius 1 is 1.24 bits per heavy atom. The lowest BCUT2D eigenvalue weighted by atomic mass is 9.67. The van der Waals surface area contributed by atoms with Crippen molar-refractivity contribution < 1.29 is 14.1 Å². The minimum atomic E-state index is -0.658. The van der Waals surface area contributed by atoms with Crippen molar-refractivity contribution in [3.05, 3.63) is 81.0 Å². The van der Waals surface area contributed by atoms with Crippen LogP contribution < -0.4 is 0 Å². The molecule has 1 amide bonds. The van der Waals surface area contributed by atoms with Crippen molar-refractivity contribution in [3.8, 4) is 11.1 Å². The summed E-state index contributed by atoms with van der Waals surface area (Å²) >= 11 is 1.49. The van der Waals surface area contributed by atoms with E-state index in [0.29, 0.717) is 12.0 Å². The molecule has 9 heteroatoms. The Labute approximate surface area is 193 Å². The number of benzene rings is 1. The number of furan rings is 1. The van der Waals surface area contributed by atoms with Gasteiger partial charge in [-0.3, -0.25) is 25.3 Å². The molecule has 0 aliphatic carbocycles. The van der Waals surface area contributed by atoms with Gasteiger partial charge in [-0.05, 0) is 40.8 Å². The summed E-state index contributed by atoms with van der Waals surface area (Å²) in [6.07, 6.45) is 4.82. The molecular weight excluding hydrogens is 440 g/mol. The Balaban J connectivity index is 1.61. The van der Waals surface area contributed by atoms with E-state index < -0.39 is 16.3 Å². The SMILES string of the molecule is CN1C(=N)C[C@](C)(c2cc(-c3cncc([N+](=O)[O-])c3)cs2)C(c2ccc3occc3c2)C1=O. The molecule has 1 aliphatic rings. The number of hydrogen-bond donors (Lipinski definition) is 1. The monoisotopic (exact) mass is 460 g/mol. The van der Waals surface area contributed by atoms with E-state index in [0.717, 1.165) is 27.0 Å². The number of thiophene rings is 1. The van der Waals surface area contributed by atoms with Gasteiger partial charge in [0.05, 0.1) is 17.1 Å². The number of carbonyl (C=O) groups is 1. The molecule has 4 aromatic rings. The summed E-state index contributed by atoms with van der Waals surface area (Å²) in [6, 6.07) is 11.1. The number of nitro groups is 1. The average molecular weight is 461 g/mol. The van der Waals surface area contributed by atoms with Crippen molar-refractivity contribution in [1.82, 2.24) is 9.88 Å². The molecule has 5 rings (SSSR count). The molecule has 1 N–H and O–H groups in total. The van der Waals surface area contributed by atoms with Crippen LogP contribution in [0.2, 0.25) is 0 Å². The van der Waals surface area contributed by atoms with Crippen LogP contribution >= 0.6 is 11.3 Å². The molecule has 4 heterocycles. The highest BCUT2D eigenvalue weighted by Crippen LogP contribution is 2.49. The third-order valence-corrected chi connectivity index (χ3v) is 7.60. The molecule has 0 radical (unpaired) electrons. The number of carbonyl (C=O) groups excluding carboxylic acids is 1. The van der Waals surface area contributed by atoms with Crippen LogP contribution in [0.5, 0.6) is 0 Å². The fourth-order valence-electron chi connectivity index (χ4n) is 4.54. The Bertz CT molecular complexity index is 1420. The van der Waals surface area contributed by atoms with E-state index in [2.05, 4.69) is 4.98 Å². The van der Waals surface area contributed by atoms with Gasteiger partial charge in [0.15, 0.2) is 0 Å². The van der Waals surface area contributed by atoms with Crippen LogP contribution in [0.1, 0.15) is 29.7 Å². The third kappa shape index (κ3) is 3.41. The highest BCUT2D eigenvalue weighted by Gasteiger charge is 2.49. The minimum Gasteiger partial charge on any atom is -0.464 e. The second-order valence-corrected chi connectivity index (χ2v) is 9.39. The fourth-order valence-corrected chi connectivity index (χ4v) is 5.66. The highest BCUT2D eigenvalue weighted by molar-refractivity contribution is 7.10. The molecule has 1 saturated heterocycles. The second kappa shape index (κ2) is 7.63. The molecule has 1 unspecified atom stereocenters. The van der Waals surface area contributed by atoms with Crippen LogP contribution in [0, 0.1) is 15.5 Å². The molecule has 0 spiro atoms. The second-order valence-electron chi connectivity index (χ2n) is 8.48. The zero-order chi connectivity index (χ0) is 23.3. The van der Waals surface area contributed by atoms with E-state index in [1.807, 2.05) is 42.6 Å². The lowest BCUT2D eigenvalue weighted by Crippen LogP contribution is -2.51. The average Bonchev–Trinajstić information content (AvgIpc) is 3.47. The fraction of sp³-hybridized carbons (Fsp3) is 0.208. The number of nitrogens with one attached hydrogen (secondary N) is 1. The number of fused-ring (bicyclic) bond motifs is 1. The summed E-state index contributed by atoms with van der Waals surface area (Å²) in [5.41, 5.74) is 2.32. The van der Waals surface area contributed by atoms with Crippen molar-refractivity contribution in [2.45, 2.75) is 24.7 Å². The molecule has 33 heavy (non-hydrogen) atoms. The Hall–Kier alpha value is -3.85.